The molecule has 0 spiro atoms. The number of hydrogen-bond donors (Lipinski definition) is 0. The zero-order valence-electron chi connectivity index (χ0n) is 15.1. The number of ether oxygens (including phenoxy) is 1. The van der Waals surface area contributed by atoms with Crippen LogP contribution < -0.4 is 10.3 Å². The van der Waals surface area contributed by atoms with Crippen molar-refractivity contribution in [1.82, 2.24) is 8.87 Å². The molecular formula is C19H19FN2O4S. The summed E-state index contributed by atoms with van der Waals surface area (Å²) in [6.45, 7) is 0.166. The summed E-state index contributed by atoms with van der Waals surface area (Å²) >= 11 is 0. The number of nitrogens with zero attached hydrogens (tertiary/aromatic N) is 2. The summed E-state index contributed by atoms with van der Waals surface area (Å²) in [7, 11) is 0.708. The molecule has 0 aliphatic heterocycles. The van der Waals surface area contributed by atoms with Gasteiger partial charge >= 0.3 is 0 Å². The lowest BCUT2D eigenvalue weighted by atomic mass is 10.1. The van der Waals surface area contributed by atoms with Gasteiger partial charge in [0.2, 0.25) is 10.0 Å². The zero-order valence-corrected chi connectivity index (χ0v) is 16.0. The van der Waals surface area contributed by atoms with E-state index in [4.69, 9.17) is 4.74 Å². The van der Waals surface area contributed by atoms with E-state index in [0.29, 0.717) is 10.9 Å². The van der Waals surface area contributed by atoms with Crippen molar-refractivity contribution >= 4 is 20.8 Å². The van der Waals surface area contributed by atoms with Crippen molar-refractivity contribution in [3.05, 3.63) is 70.4 Å². The summed E-state index contributed by atoms with van der Waals surface area (Å²) in [5.74, 6) is -0.542. The average molecular weight is 390 g/mol. The van der Waals surface area contributed by atoms with E-state index >= 15 is 0 Å². The lowest BCUT2D eigenvalue weighted by molar-refractivity contribution is 0.387. The summed E-state index contributed by atoms with van der Waals surface area (Å²) in [6.07, 6.45) is 1.59. The minimum absolute atomic E-state index is 0.0706. The number of sulfonamides is 1. The van der Waals surface area contributed by atoms with E-state index < -0.39 is 15.8 Å². The van der Waals surface area contributed by atoms with Gasteiger partial charge in [0.05, 0.1) is 23.9 Å². The van der Waals surface area contributed by atoms with Crippen LogP contribution in [0.5, 0.6) is 5.75 Å². The molecule has 3 rings (SSSR count). The Morgan fingerprint density at radius 1 is 1.15 bits per heavy atom. The number of rotatable bonds is 5. The largest absolute Gasteiger partial charge is 0.494 e. The lowest BCUT2D eigenvalue weighted by Gasteiger charge is -2.13. The highest BCUT2D eigenvalue weighted by atomic mass is 32.2. The van der Waals surface area contributed by atoms with Crippen molar-refractivity contribution in [2.75, 3.05) is 21.2 Å². The van der Waals surface area contributed by atoms with Crippen LogP contribution in [0.4, 0.5) is 4.39 Å². The number of pyridine rings is 1. The molecule has 1 aromatic heterocycles. The zero-order chi connectivity index (χ0) is 19.8. The Morgan fingerprint density at radius 2 is 1.89 bits per heavy atom. The van der Waals surface area contributed by atoms with Crippen LogP contribution in [0, 0.1) is 5.82 Å². The molecule has 6 nitrogen and oxygen atoms in total. The Bertz CT molecular complexity index is 1170. The molecular weight excluding hydrogens is 371 g/mol. The van der Waals surface area contributed by atoms with Crippen molar-refractivity contribution in [3.63, 3.8) is 0 Å². The second-order valence-electron chi connectivity index (χ2n) is 6.26. The molecule has 0 aliphatic carbocycles. The number of benzene rings is 2. The number of fused-ring (bicyclic) bond motifs is 1. The van der Waals surface area contributed by atoms with Crippen molar-refractivity contribution in [2.45, 2.75) is 11.4 Å². The Labute approximate surface area is 156 Å². The van der Waals surface area contributed by atoms with Gasteiger partial charge in [-0.05, 0) is 41.3 Å². The molecule has 0 atom stereocenters. The van der Waals surface area contributed by atoms with E-state index in [-0.39, 0.29) is 28.1 Å². The topological polar surface area (TPSA) is 68.6 Å². The quantitative estimate of drug-likeness (QED) is 0.671. The fraction of sp³-hybridized carbons (Fsp3) is 0.211. The first kappa shape index (κ1) is 19.1. The molecule has 0 N–H and O–H groups in total. The van der Waals surface area contributed by atoms with Gasteiger partial charge in [-0.25, -0.2) is 17.1 Å². The van der Waals surface area contributed by atoms with Crippen molar-refractivity contribution < 1.29 is 17.5 Å². The highest BCUT2D eigenvalue weighted by molar-refractivity contribution is 7.89. The minimum Gasteiger partial charge on any atom is -0.494 e. The third-order valence-electron chi connectivity index (χ3n) is 4.28. The average Bonchev–Trinajstić information content (AvgIpc) is 2.64. The first-order chi connectivity index (χ1) is 12.7. The molecule has 8 heteroatoms. The molecule has 3 aromatic rings. The summed E-state index contributed by atoms with van der Waals surface area (Å²) in [6, 6.07) is 10.7. The molecule has 0 saturated heterocycles. The third-order valence-corrected chi connectivity index (χ3v) is 6.09. The summed E-state index contributed by atoms with van der Waals surface area (Å²) < 4.78 is 46.0. The first-order valence-corrected chi connectivity index (χ1v) is 9.56. The normalized spacial score (nSPS) is 11.9. The van der Waals surface area contributed by atoms with Gasteiger partial charge in [-0.3, -0.25) is 4.79 Å². The second-order valence-corrected chi connectivity index (χ2v) is 8.41. The lowest BCUT2D eigenvalue weighted by Crippen LogP contribution is -2.23. The maximum absolute atomic E-state index is 14.0. The molecule has 2 aromatic carbocycles. The van der Waals surface area contributed by atoms with Gasteiger partial charge in [0, 0.05) is 20.3 Å². The smallest absolute Gasteiger partial charge is 0.258 e. The van der Waals surface area contributed by atoms with Gasteiger partial charge in [-0.1, -0.05) is 12.1 Å². The molecule has 1 heterocycles. The highest BCUT2D eigenvalue weighted by Gasteiger charge is 2.17. The van der Waals surface area contributed by atoms with E-state index in [0.717, 1.165) is 10.4 Å². The van der Waals surface area contributed by atoms with Crippen LogP contribution in [0.2, 0.25) is 0 Å². The van der Waals surface area contributed by atoms with Crippen molar-refractivity contribution in [3.8, 4) is 5.75 Å². The van der Waals surface area contributed by atoms with Crippen LogP contribution in [0.25, 0.3) is 10.8 Å². The SMILES string of the molecule is COc1cc2ccn(Cc3cccc(S(=O)(=O)N(C)C)c3)c(=O)c2cc1F. The molecule has 0 unspecified atom stereocenters. The van der Waals surface area contributed by atoms with Crippen LogP contribution >= 0.6 is 0 Å². The molecule has 0 amide bonds. The fourth-order valence-electron chi connectivity index (χ4n) is 2.78. The number of hydrogen-bond acceptors (Lipinski definition) is 4. The van der Waals surface area contributed by atoms with Crippen LogP contribution in [-0.4, -0.2) is 38.5 Å². The predicted molar refractivity (Wildman–Crippen MR) is 101 cm³/mol. The van der Waals surface area contributed by atoms with E-state index in [2.05, 4.69) is 0 Å². The van der Waals surface area contributed by atoms with Gasteiger partial charge in [-0.2, -0.15) is 0 Å². The number of aromatic nitrogens is 1. The molecule has 27 heavy (non-hydrogen) atoms. The molecule has 142 valence electrons. The third kappa shape index (κ3) is 3.58. The van der Waals surface area contributed by atoms with Gasteiger partial charge in [0.25, 0.3) is 5.56 Å². The maximum atomic E-state index is 14.0. The number of methoxy groups -OCH3 is 1. The molecule has 0 saturated carbocycles. The van der Waals surface area contributed by atoms with E-state index in [1.165, 1.54) is 44.0 Å². The van der Waals surface area contributed by atoms with Crippen LogP contribution in [-0.2, 0) is 16.6 Å². The van der Waals surface area contributed by atoms with Crippen LogP contribution in [0.1, 0.15) is 5.56 Å². The molecule has 0 fully saturated rings. The summed E-state index contributed by atoms with van der Waals surface area (Å²) in [5.41, 5.74) is 0.281. The van der Waals surface area contributed by atoms with Crippen molar-refractivity contribution in [2.24, 2.45) is 0 Å². The van der Waals surface area contributed by atoms with Gasteiger partial charge in [0.1, 0.15) is 0 Å². The maximum Gasteiger partial charge on any atom is 0.258 e. The summed E-state index contributed by atoms with van der Waals surface area (Å²) in [5, 5.41) is 0.798. The van der Waals surface area contributed by atoms with Crippen LogP contribution in [0.3, 0.4) is 0 Å². The summed E-state index contributed by atoms with van der Waals surface area (Å²) in [4.78, 5) is 12.9. The Hall–Kier alpha value is -2.71. The first-order valence-electron chi connectivity index (χ1n) is 8.12. The minimum atomic E-state index is -3.57. The molecule has 0 bridgehead atoms. The molecule has 0 radical (unpaired) electrons. The van der Waals surface area contributed by atoms with E-state index in [1.54, 1.807) is 24.4 Å². The Morgan fingerprint density at radius 3 is 2.56 bits per heavy atom. The van der Waals surface area contributed by atoms with Gasteiger partial charge < -0.3 is 9.30 Å². The monoisotopic (exact) mass is 390 g/mol. The Kier molecular flexibility index (Phi) is 5.03. The number of halogens is 1. The highest BCUT2D eigenvalue weighted by Crippen LogP contribution is 2.23. The van der Waals surface area contributed by atoms with Gasteiger partial charge in [-0.15, -0.1) is 0 Å². The van der Waals surface area contributed by atoms with E-state index in [1.807, 2.05) is 0 Å². The molecule has 0 aliphatic rings. The van der Waals surface area contributed by atoms with E-state index in [9.17, 15) is 17.6 Å². The fourth-order valence-corrected chi connectivity index (χ4v) is 3.75. The second kappa shape index (κ2) is 7.13. The standard InChI is InChI=1S/C19H19FN2O4S/c1-21(2)27(24,25)15-6-4-5-13(9-15)12-22-8-7-14-10-18(26-3)17(20)11-16(14)19(22)23/h4-11H,12H2,1-3H3. The van der Waals surface area contributed by atoms with Gasteiger partial charge in [0.15, 0.2) is 11.6 Å². The predicted octanol–water partition coefficient (Wildman–Crippen LogP) is 2.45. The van der Waals surface area contributed by atoms with Crippen LogP contribution in [0.15, 0.2) is 58.4 Å². The Balaban J connectivity index is 2.03. The van der Waals surface area contributed by atoms with Crippen molar-refractivity contribution in [1.29, 1.82) is 0 Å².